The van der Waals surface area contributed by atoms with Gasteiger partial charge in [0.1, 0.15) is 29.9 Å². The van der Waals surface area contributed by atoms with Crippen molar-refractivity contribution in [3.05, 3.63) is 74.7 Å². The Hall–Kier alpha value is -5.74. The second kappa shape index (κ2) is 16.4. The van der Waals surface area contributed by atoms with Crippen molar-refractivity contribution in [3.63, 3.8) is 0 Å². The molecule has 1 aromatic heterocycles. The summed E-state index contributed by atoms with van der Waals surface area (Å²) in [6.45, 7) is 4.30. The number of hydrogen-bond donors (Lipinski definition) is 2. The second-order valence-corrected chi connectivity index (χ2v) is 17.1. The third-order valence-electron chi connectivity index (χ3n) is 12.9. The van der Waals surface area contributed by atoms with Gasteiger partial charge < -0.3 is 33.9 Å². The Balaban J connectivity index is 0.814. The minimum atomic E-state index is -1.01. The predicted octanol–water partition coefficient (Wildman–Crippen LogP) is 2.92. The van der Waals surface area contributed by atoms with Crippen LogP contribution in [0, 0.1) is 5.41 Å². The molecule has 4 aliphatic heterocycles. The van der Waals surface area contributed by atoms with Crippen LogP contribution < -0.4 is 30.4 Å². The van der Waals surface area contributed by atoms with E-state index in [1.807, 2.05) is 32.4 Å². The maximum atomic E-state index is 13.6. The van der Waals surface area contributed by atoms with Gasteiger partial charge in [-0.25, -0.2) is 4.79 Å². The zero-order valence-corrected chi connectivity index (χ0v) is 34.9. The molecule has 2 aromatic carbocycles. The number of hydrogen-bond acceptors (Lipinski definition) is 11. The van der Waals surface area contributed by atoms with Gasteiger partial charge in [-0.1, -0.05) is 0 Å². The van der Waals surface area contributed by atoms with Crippen molar-refractivity contribution < 1.29 is 38.2 Å². The van der Waals surface area contributed by atoms with Crippen LogP contribution in [-0.2, 0) is 36.1 Å². The number of aromatic nitrogens is 1. The first kappa shape index (κ1) is 41.0. The lowest BCUT2D eigenvalue weighted by molar-refractivity contribution is -0.136. The van der Waals surface area contributed by atoms with Crippen molar-refractivity contribution in [1.82, 2.24) is 34.8 Å². The van der Waals surface area contributed by atoms with E-state index in [1.54, 1.807) is 48.9 Å². The highest BCUT2D eigenvalue weighted by Crippen LogP contribution is 2.49. The number of urea groups is 1. The molecule has 1 aliphatic carbocycles. The first-order valence-electron chi connectivity index (χ1n) is 20.7. The van der Waals surface area contributed by atoms with Crippen LogP contribution in [0.4, 0.5) is 4.79 Å². The van der Waals surface area contributed by atoms with Gasteiger partial charge in [-0.15, -0.1) is 0 Å². The van der Waals surface area contributed by atoms with Crippen LogP contribution in [0.3, 0.4) is 0 Å². The summed E-state index contributed by atoms with van der Waals surface area (Å²) in [7, 11) is 9.02. The fourth-order valence-electron chi connectivity index (χ4n) is 9.68. The summed E-state index contributed by atoms with van der Waals surface area (Å²) >= 11 is 0. The van der Waals surface area contributed by atoms with E-state index in [1.165, 1.54) is 0 Å². The topological polar surface area (TPSA) is 172 Å². The monoisotopic (exact) mass is 823 g/mol. The minimum absolute atomic E-state index is 0.0654. The summed E-state index contributed by atoms with van der Waals surface area (Å²) in [4.78, 5) is 84.4. The third kappa shape index (κ3) is 7.73. The van der Waals surface area contributed by atoms with Crippen molar-refractivity contribution in [3.8, 4) is 28.4 Å². The zero-order chi connectivity index (χ0) is 42.5. The Bertz CT molecular complexity index is 2280. The summed E-state index contributed by atoms with van der Waals surface area (Å²) in [6.07, 6.45) is 6.47. The normalized spacial score (nSPS) is 20.2. The van der Waals surface area contributed by atoms with E-state index in [0.29, 0.717) is 55.5 Å². The number of fused-ring (bicyclic) bond motifs is 2. The molecule has 2 N–H and O–H groups in total. The molecule has 0 bridgehead atoms. The molecule has 2 saturated heterocycles. The molecule has 318 valence electrons. The number of nitrogens with zero attached hydrogens (tertiary/aromatic N) is 5. The van der Waals surface area contributed by atoms with Crippen molar-refractivity contribution in [2.24, 2.45) is 12.5 Å². The van der Waals surface area contributed by atoms with Crippen molar-refractivity contribution in [2.45, 2.75) is 70.1 Å². The molecule has 16 nitrogen and oxygen atoms in total. The van der Waals surface area contributed by atoms with Crippen LogP contribution in [0.5, 0.6) is 17.2 Å². The van der Waals surface area contributed by atoms with Gasteiger partial charge in [0.2, 0.25) is 11.8 Å². The molecule has 5 heterocycles. The number of amides is 6. The smallest absolute Gasteiger partial charge is 0.317 e. The quantitative estimate of drug-likeness (QED) is 0.273. The number of pyridine rings is 1. The Morgan fingerprint density at radius 3 is 2.27 bits per heavy atom. The highest BCUT2D eigenvalue weighted by Gasteiger charge is 2.47. The summed E-state index contributed by atoms with van der Waals surface area (Å²) < 4.78 is 19.2. The fraction of sp³-hybridized carbons (Fsp3) is 0.500. The molecule has 1 saturated carbocycles. The van der Waals surface area contributed by atoms with Crippen LogP contribution in [0.2, 0.25) is 0 Å². The first-order valence-corrected chi connectivity index (χ1v) is 20.7. The van der Waals surface area contributed by atoms with Crippen LogP contribution in [0.25, 0.3) is 11.1 Å². The number of imide groups is 2. The summed E-state index contributed by atoms with van der Waals surface area (Å²) in [5.41, 5.74) is 4.84. The molecule has 5 aliphatic rings. The number of piperidine rings is 2. The van der Waals surface area contributed by atoms with E-state index in [-0.39, 0.29) is 53.6 Å². The highest BCUT2D eigenvalue weighted by atomic mass is 16.5. The zero-order valence-electron chi connectivity index (χ0n) is 34.9. The SMILES string of the molecule is COc1cc(-c2cn(C)c(=O)c3c2CCN(C(=O)NC2CC4(CCN(CCOc5ccc6c(c5)C(=O)N(C5CCC(=O)NC5=O)C6=O)CC4)C2)C3)cc(OC)c1CN(C)C. The molecule has 0 radical (unpaired) electrons. The van der Waals surface area contributed by atoms with Gasteiger partial charge in [0.05, 0.1) is 37.5 Å². The average molecular weight is 824 g/mol. The van der Waals surface area contributed by atoms with E-state index >= 15 is 0 Å². The number of carbonyl (C=O) groups is 5. The number of nitrogens with one attached hydrogen (secondary N) is 2. The lowest BCUT2D eigenvalue weighted by atomic mass is 9.60. The summed E-state index contributed by atoms with van der Waals surface area (Å²) in [5, 5.41) is 5.47. The molecule has 1 unspecified atom stereocenters. The van der Waals surface area contributed by atoms with Gasteiger partial charge in [0.15, 0.2) is 0 Å². The van der Waals surface area contributed by atoms with E-state index in [0.717, 1.165) is 65.9 Å². The molecule has 1 atom stereocenters. The Morgan fingerprint density at radius 1 is 0.900 bits per heavy atom. The number of ether oxygens (including phenoxy) is 3. The molecular weight excluding hydrogens is 771 g/mol. The third-order valence-corrected chi connectivity index (χ3v) is 12.9. The fourth-order valence-corrected chi connectivity index (χ4v) is 9.68. The van der Waals surface area contributed by atoms with E-state index in [9.17, 15) is 28.8 Å². The summed E-state index contributed by atoms with van der Waals surface area (Å²) in [5.74, 6) is -0.267. The van der Waals surface area contributed by atoms with E-state index < -0.39 is 29.7 Å². The molecule has 8 rings (SSSR count). The van der Waals surface area contributed by atoms with Crippen LogP contribution >= 0.6 is 0 Å². The number of benzene rings is 2. The van der Waals surface area contributed by atoms with Gasteiger partial charge in [0.25, 0.3) is 17.4 Å². The van der Waals surface area contributed by atoms with Gasteiger partial charge in [-0.05, 0) is 113 Å². The Kier molecular flexibility index (Phi) is 11.2. The number of likely N-dealkylation sites (tertiary alicyclic amines) is 1. The second-order valence-electron chi connectivity index (χ2n) is 17.1. The largest absolute Gasteiger partial charge is 0.496 e. The first-order chi connectivity index (χ1) is 28.8. The number of carbonyl (C=O) groups excluding carboxylic acids is 5. The average Bonchev–Trinajstić information content (AvgIpc) is 3.46. The number of aryl methyl sites for hydroxylation is 1. The maximum Gasteiger partial charge on any atom is 0.317 e. The van der Waals surface area contributed by atoms with E-state index in [2.05, 4.69) is 20.4 Å². The molecule has 3 aromatic rings. The van der Waals surface area contributed by atoms with Gasteiger partial charge >= 0.3 is 6.03 Å². The maximum absolute atomic E-state index is 13.6. The van der Waals surface area contributed by atoms with Crippen molar-refractivity contribution >= 4 is 29.7 Å². The highest BCUT2D eigenvalue weighted by molar-refractivity contribution is 6.23. The minimum Gasteiger partial charge on any atom is -0.496 e. The van der Waals surface area contributed by atoms with Gasteiger partial charge in [-0.2, -0.15) is 0 Å². The molecular formula is C44H53N7O9. The lowest BCUT2D eigenvalue weighted by Gasteiger charge is -2.52. The number of methoxy groups -OCH3 is 2. The van der Waals surface area contributed by atoms with Crippen molar-refractivity contribution in [2.75, 3.05) is 61.1 Å². The van der Waals surface area contributed by atoms with Crippen LogP contribution in [-0.4, -0.2) is 127 Å². The standard InChI is InChI=1S/C44H53N7O9/c1-47(2)23-34-36(58-4)18-26(19-37(34)59-5)32-24-48(3)40(54)33-25-50(13-10-29(32)33)43(57)45-27-21-44(22-27)11-14-49(15-12-44)16-17-60-28-6-7-30-31(20-28)42(56)51(41(30)55)35-8-9-38(52)46-39(35)53/h6-7,18-20,24,27,35H,8-17,21-23,25H2,1-5H3,(H,45,57)(H,46,52,53). The van der Waals surface area contributed by atoms with Gasteiger partial charge in [-0.3, -0.25) is 39.1 Å². The van der Waals surface area contributed by atoms with Crippen LogP contribution in [0.15, 0.2) is 41.3 Å². The van der Waals surface area contributed by atoms with E-state index in [4.69, 9.17) is 14.2 Å². The van der Waals surface area contributed by atoms with Crippen LogP contribution in [0.1, 0.15) is 75.9 Å². The summed E-state index contributed by atoms with van der Waals surface area (Å²) in [6, 6.07) is 7.70. The Morgan fingerprint density at radius 2 is 1.60 bits per heavy atom. The molecule has 60 heavy (non-hydrogen) atoms. The number of rotatable bonds is 11. The lowest BCUT2D eigenvalue weighted by Crippen LogP contribution is -2.57. The molecule has 3 fully saturated rings. The Labute approximate surface area is 348 Å². The molecule has 1 spiro atoms. The predicted molar refractivity (Wildman–Crippen MR) is 220 cm³/mol. The van der Waals surface area contributed by atoms with Crippen molar-refractivity contribution in [1.29, 1.82) is 0 Å². The molecule has 16 heteroatoms. The molecule has 6 amide bonds. The van der Waals surface area contributed by atoms with Gasteiger partial charge in [0, 0.05) is 56.5 Å².